The highest BCUT2D eigenvalue weighted by Crippen LogP contribution is 2.35. The number of nitrogens with one attached hydrogen (secondary N) is 1. The number of anilines is 1. The van der Waals surface area contributed by atoms with Gasteiger partial charge >= 0.3 is 0 Å². The summed E-state index contributed by atoms with van der Waals surface area (Å²) in [7, 11) is 0. The van der Waals surface area contributed by atoms with Crippen molar-refractivity contribution in [3.63, 3.8) is 0 Å². The van der Waals surface area contributed by atoms with E-state index in [9.17, 15) is 4.79 Å². The Morgan fingerprint density at radius 2 is 1.97 bits per heavy atom. The van der Waals surface area contributed by atoms with Gasteiger partial charge in [-0.25, -0.2) is 0 Å². The van der Waals surface area contributed by atoms with E-state index in [4.69, 9.17) is 32.7 Å². The summed E-state index contributed by atoms with van der Waals surface area (Å²) in [5.41, 5.74) is 1.35. The third kappa shape index (κ3) is 4.35. The molecule has 30 heavy (non-hydrogen) atoms. The summed E-state index contributed by atoms with van der Waals surface area (Å²) in [4.78, 5) is 12.4. The summed E-state index contributed by atoms with van der Waals surface area (Å²) in [6, 6.07) is 10.8. The average Bonchev–Trinajstić information content (AvgIpc) is 3.18. The van der Waals surface area contributed by atoms with Crippen molar-refractivity contribution in [1.29, 1.82) is 0 Å². The summed E-state index contributed by atoms with van der Waals surface area (Å²) in [6.07, 6.45) is 0. The van der Waals surface area contributed by atoms with Crippen molar-refractivity contribution < 1.29 is 14.3 Å². The molecule has 4 rings (SSSR count). The quantitative estimate of drug-likeness (QED) is 0.529. The van der Waals surface area contributed by atoms with Gasteiger partial charge in [-0.15, -0.1) is 10.2 Å². The van der Waals surface area contributed by atoms with E-state index in [0.29, 0.717) is 52.2 Å². The Morgan fingerprint density at radius 1 is 1.17 bits per heavy atom. The first kappa shape index (κ1) is 20.8. The fraction of sp³-hybridized carbons (Fsp3) is 0.250. The summed E-state index contributed by atoms with van der Waals surface area (Å²) in [6.45, 7) is 3.71. The van der Waals surface area contributed by atoms with Crippen molar-refractivity contribution in [3.8, 4) is 22.9 Å². The number of carbonyl (C=O) groups is 1. The second-order valence-electron chi connectivity index (χ2n) is 6.35. The Hall–Kier alpha value is -2.42. The number of rotatable bonds is 6. The maximum absolute atomic E-state index is 12.4. The molecule has 1 amide bonds. The largest absolute Gasteiger partial charge is 0.486 e. The first-order valence-corrected chi connectivity index (χ1v) is 11.0. The van der Waals surface area contributed by atoms with Crippen LogP contribution >= 0.6 is 35.0 Å². The first-order valence-electron chi connectivity index (χ1n) is 9.26. The Kier molecular flexibility index (Phi) is 6.36. The Morgan fingerprint density at radius 3 is 2.77 bits per heavy atom. The molecule has 156 valence electrons. The summed E-state index contributed by atoms with van der Waals surface area (Å²) < 4.78 is 13.2. The van der Waals surface area contributed by atoms with Gasteiger partial charge in [0, 0.05) is 12.1 Å². The zero-order valence-corrected chi connectivity index (χ0v) is 18.4. The monoisotopic (exact) mass is 464 g/mol. The number of thioether (sulfide) groups is 1. The number of fused-ring (bicyclic) bond motifs is 1. The molecule has 0 aliphatic carbocycles. The predicted octanol–water partition coefficient (Wildman–Crippen LogP) is 4.77. The average molecular weight is 465 g/mol. The van der Waals surface area contributed by atoms with Crippen molar-refractivity contribution in [2.24, 2.45) is 0 Å². The zero-order valence-electron chi connectivity index (χ0n) is 16.0. The Bertz CT molecular complexity index is 1090. The minimum Gasteiger partial charge on any atom is -0.486 e. The zero-order chi connectivity index (χ0) is 21.1. The Balaban J connectivity index is 1.47. The molecular weight excluding hydrogens is 447 g/mol. The maximum Gasteiger partial charge on any atom is 0.234 e. The van der Waals surface area contributed by atoms with Crippen molar-refractivity contribution in [2.45, 2.75) is 18.6 Å². The second-order valence-corrected chi connectivity index (χ2v) is 8.07. The van der Waals surface area contributed by atoms with Gasteiger partial charge in [0.2, 0.25) is 5.91 Å². The van der Waals surface area contributed by atoms with Gasteiger partial charge in [0.1, 0.15) is 13.2 Å². The van der Waals surface area contributed by atoms with E-state index in [2.05, 4.69) is 15.5 Å². The number of hydrogen-bond acceptors (Lipinski definition) is 6. The fourth-order valence-corrected chi connectivity index (χ4v) is 4.14. The molecule has 0 saturated heterocycles. The third-order valence-corrected chi connectivity index (χ3v) is 6.18. The van der Waals surface area contributed by atoms with Crippen LogP contribution in [0.25, 0.3) is 11.4 Å². The van der Waals surface area contributed by atoms with E-state index in [1.807, 2.05) is 29.7 Å². The van der Waals surface area contributed by atoms with Crippen molar-refractivity contribution >= 4 is 46.6 Å². The van der Waals surface area contributed by atoms with Gasteiger partial charge in [0.25, 0.3) is 0 Å². The van der Waals surface area contributed by atoms with Crippen LogP contribution in [-0.4, -0.2) is 39.6 Å². The van der Waals surface area contributed by atoms with Crippen LogP contribution in [0.5, 0.6) is 11.5 Å². The Labute approximate surface area is 187 Å². The van der Waals surface area contributed by atoms with Crippen LogP contribution in [0.3, 0.4) is 0 Å². The lowest BCUT2D eigenvalue weighted by atomic mass is 10.2. The third-order valence-electron chi connectivity index (χ3n) is 4.39. The molecule has 3 aromatic rings. The minimum atomic E-state index is -0.212. The molecule has 2 aromatic carbocycles. The van der Waals surface area contributed by atoms with Gasteiger partial charge in [0.05, 0.1) is 21.5 Å². The standard InChI is InChI=1S/C20H18Cl2N4O3S/c1-2-26-19(12-6-7-15-16(10-12)29-9-8-28-15)24-25-20(26)30-11-17(27)23-14-5-3-4-13(21)18(14)22/h3-7,10H,2,8-9,11H2,1H3,(H,23,27). The molecule has 0 saturated carbocycles. The minimum absolute atomic E-state index is 0.155. The first-order chi connectivity index (χ1) is 14.6. The summed E-state index contributed by atoms with van der Waals surface area (Å²) >= 11 is 13.4. The van der Waals surface area contributed by atoms with Gasteiger partial charge in [-0.1, -0.05) is 41.0 Å². The highest BCUT2D eigenvalue weighted by molar-refractivity contribution is 7.99. The molecule has 1 aliphatic heterocycles. The molecule has 1 aromatic heterocycles. The number of hydrogen-bond donors (Lipinski definition) is 1. The lowest BCUT2D eigenvalue weighted by Gasteiger charge is -2.18. The number of nitrogens with zero attached hydrogens (tertiary/aromatic N) is 3. The molecule has 0 fully saturated rings. The van der Waals surface area contributed by atoms with Gasteiger partial charge in [-0.2, -0.15) is 0 Å². The van der Waals surface area contributed by atoms with Gasteiger partial charge in [-0.05, 0) is 37.3 Å². The molecule has 0 spiro atoms. The van der Waals surface area contributed by atoms with Gasteiger partial charge < -0.3 is 19.4 Å². The van der Waals surface area contributed by atoms with Gasteiger partial charge in [-0.3, -0.25) is 4.79 Å². The van der Waals surface area contributed by atoms with Crippen LogP contribution in [0, 0.1) is 0 Å². The van der Waals surface area contributed by atoms with Crippen LogP contribution in [0.2, 0.25) is 10.0 Å². The van der Waals surface area contributed by atoms with Crippen LogP contribution < -0.4 is 14.8 Å². The number of halogens is 2. The van der Waals surface area contributed by atoms with Crippen LogP contribution in [0.4, 0.5) is 5.69 Å². The molecule has 0 radical (unpaired) electrons. The molecule has 0 atom stereocenters. The van der Waals surface area contributed by atoms with E-state index in [-0.39, 0.29) is 11.7 Å². The molecule has 10 heteroatoms. The number of ether oxygens (including phenoxy) is 2. The molecular formula is C20H18Cl2N4O3S. The van der Waals surface area contributed by atoms with Crippen molar-refractivity contribution in [1.82, 2.24) is 14.8 Å². The lowest BCUT2D eigenvalue weighted by molar-refractivity contribution is -0.113. The van der Waals surface area contributed by atoms with Gasteiger partial charge in [0.15, 0.2) is 22.5 Å². The fourth-order valence-electron chi connectivity index (χ4n) is 2.99. The van der Waals surface area contributed by atoms with E-state index in [1.54, 1.807) is 18.2 Å². The van der Waals surface area contributed by atoms with E-state index >= 15 is 0 Å². The van der Waals surface area contributed by atoms with Crippen LogP contribution in [-0.2, 0) is 11.3 Å². The maximum atomic E-state index is 12.4. The summed E-state index contributed by atoms with van der Waals surface area (Å²) in [5.74, 6) is 2.06. The van der Waals surface area contributed by atoms with E-state index in [1.165, 1.54) is 11.8 Å². The smallest absolute Gasteiger partial charge is 0.234 e. The van der Waals surface area contributed by atoms with E-state index in [0.717, 1.165) is 11.3 Å². The predicted molar refractivity (Wildman–Crippen MR) is 118 cm³/mol. The molecule has 7 nitrogen and oxygen atoms in total. The second kappa shape index (κ2) is 9.16. The normalized spacial score (nSPS) is 12.6. The number of aromatic nitrogens is 3. The lowest BCUT2D eigenvalue weighted by Crippen LogP contribution is -2.15. The van der Waals surface area contributed by atoms with Crippen LogP contribution in [0.15, 0.2) is 41.6 Å². The van der Waals surface area contributed by atoms with Crippen molar-refractivity contribution in [2.75, 3.05) is 24.3 Å². The molecule has 1 N–H and O–H groups in total. The van der Waals surface area contributed by atoms with E-state index < -0.39 is 0 Å². The van der Waals surface area contributed by atoms with Crippen molar-refractivity contribution in [3.05, 3.63) is 46.4 Å². The molecule has 1 aliphatic rings. The molecule has 0 bridgehead atoms. The highest BCUT2D eigenvalue weighted by atomic mass is 35.5. The number of benzene rings is 2. The number of amides is 1. The topological polar surface area (TPSA) is 78.3 Å². The highest BCUT2D eigenvalue weighted by Gasteiger charge is 2.18. The number of carbonyl (C=O) groups excluding carboxylic acids is 1. The molecule has 2 heterocycles. The summed E-state index contributed by atoms with van der Waals surface area (Å²) in [5, 5.41) is 12.7. The van der Waals surface area contributed by atoms with Crippen LogP contribution in [0.1, 0.15) is 6.92 Å². The molecule has 0 unspecified atom stereocenters. The SMILES string of the molecule is CCn1c(SCC(=O)Nc2cccc(Cl)c2Cl)nnc1-c1ccc2c(c1)OCCO2.